The minimum atomic E-state index is -0.542. The highest BCUT2D eigenvalue weighted by Crippen LogP contribution is 2.08. The Labute approximate surface area is 128 Å². The maximum atomic E-state index is 13.1. The lowest BCUT2D eigenvalue weighted by Gasteiger charge is -2.15. The molecule has 1 amide bonds. The number of carbonyl (C=O) groups is 1. The van der Waals surface area contributed by atoms with Crippen LogP contribution in [-0.4, -0.2) is 54.9 Å². The van der Waals surface area contributed by atoms with Crippen molar-refractivity contribution in [2.45, 2.75) is 0 Å². The van der Waals surface area contributed by atoms with E-state index in [0.29, 0.717) is 11.6 Å². The van der Waals surface area contributed by atoms with Crippen molar-refractivity contribution in [2.75, 3.05) is 33.6 Å². The summed E-state index contributed by atoms with van der Waals surface area (Å²) >= 11 is 5.15. The molecule has 0 heterocycles. The van der Waals surface area contributed by atoms with E-state index in [9.17, 15) is 9.18 Å². The van der Waals surface area contributed by atoms with E-state index in [4.69, 9.17) is 12.2 Å². The molecule has 2 N–H and O–H groups in total. The number of carbonyl (C=O) groups excluding carboxylic acids is 1. The van der Waals surface area contributed by atoms with Crippen LogP contribution in [0.3, 0.4) is 0 Å². The standard InChI is InChI=1S/C13H17FN4O2S/c1-17(2)12(18(3)13(19)20-4)16-11(21)15-10-7-5-6-9(14)8-10/h5-8H,1-4H3,(H,15,21)/p+1. The van der Waals surface area contributed by atoms with Gasteiger partial charge in [0.1, 0.15) is 5.82 Å². The second-order valence-corrected chi connectivity index (χ2v) is 4.74. The van der Waals surface area contributed by atoms with Crippen LogP contribution in [-0.2, 0) is 4.74 Å². The van der Waals surface area contributed by atoms with E-state index in [2.05, 4.69) is 15.4 Å². The number of guanidine groups is 1. The lowest BCUT2D eigenvalue weighted by Crippen LogP contribution is -2.50. The maximum absolute atomic E-state index is 13.1. The Morgan fingerprint density at radius 3 is 2.62 bits per heavy atom. The summed E-state index contributed by atoms with van der Waals surface area (Å²) in [4.78, 5) is 12.8. The van der Waals surface area contributed by atoms with Crippen molar-refractivity contribution in [3.05, 3.63) is 30.1 Å². The number of ether oxygens (including phenoxy) is 1. The van der Waals surface area contributed by atoms with E-state index in [1.165, 1.54) is 24.1 Å². The van der Waals surface area contributed by atoms with E-state index in [1.807, 2.05) is 0 Å². The number of methoxy groups -OCH3 is 1. The van der Waals surface area contributed by atoms with E-state index in [1.54, 1.807) is 37.9 Å². The molecule has 0 saturated carbocycles. The third kappa shape index (κ3) is 4.99. The summed E-state index contributed by atoms with van der Waals surface area (Å²) in [5.41, 5.74) is 0.506. The van der Waals surface area contributed by atoms with E-state index >= 15 is 0 Å². The number of amides is 1. The zero-order chi connectivity index (χ0) is 16.0. The molecule has 114 valence electrons. The molecule has 0 spiro atoms. The molecular formula is C13H18FN4O2S+. The summed E-state index contributed by atoms with van der Waals surface area (Å²) in [5.74, 6) is 0.0436. The predicted octanol–water partition coefficient (Wildman–Crippen LogP) is 1.44. The molecule has 0 bridgehead atoms. The first-order valence-corrected chi connectivity index (χ1v) is 6.45. The maximum Gasteiger partial charge on any atom is 0.478 e. The predicted molar refractivity (Wildman–Crippen MR) is 83.0 cm³/mol. The van der Waals surface area contributed by atoms with Gasteiger partial charge in [0, 0.05) is 5.69 Å². The van der Waals surface area contributed by atoms with Crippen molar-refractivity contribution >= 4 is 35.1 Å². The molecular weight excluding hydrogens is 295 g/mol. The second kappa shape index (κ2) is 7.53. The van der Waals surface area contributed by atoms with Gasteiger partial charge in [-0.15, -0.1) is 0 Å². The van der Waals surface area contributed by atoms with Gasteiger partial charge in [-0.1, -0.05) is 6.07 Å². The Bertz CT molecular complexity index is 573. The Morgan fingerprint density at radius 1 is 1.43 bits per heavy atom. The number of nitrogens with one attached hydrogen (secondary N) is 2. The molecule has 1 aromatic carbocycles. The Kier molecular flexibility index (Phi) is 6.04. The number of hydrogen-bond acceptors (Lipinski definition) is 3. The van der Waals surface area contributed by atoms with Crippen molar-refractivity contribution < 1.29 is 18.5 Å². The van der Waals surface area contributed by atoms with Gasteiger partial charge in [-0.25, -0.2) is 14.5 Å². The van der Waals surface area contributed by atoms with Crippen molar-refractivity contribution in [2.24, 2.45) is 0 Å². The van der Waals surface area contributed by atoms with Crippen LogP contribution in [0.25, 0.3) is 0 Å². The second-order valence-electron chi connectivity index (χ2n) is 4.34. The van der Waals surface area contributed by atoms with E-state index < -0.39 is 6.09 Å². The smallest absolute Gasteiger partial charge is 0.441 e. The normalized spacial score (nSPS) is 9.57. The van der Waals surface area contributed by atoms with Crippen molar-refractivity contribution in [1.29, 1.82) is 0 Å². The topological polar surface area (TPSA) is 56.6 Å². The molecule has 0 saturated heterocycles. The Morgan fingerprint density at radius 2 is 2.10 bits per heavy atom. The van der Waals surface area contributed by atoms with Crippen molar-refractivity contribution in [1.82, 2.24) is 10.2 Å². The molecule has 1 rings (SSSR count). The zero-order valence-electron chi connectivity index (χ0n) is 12.3. The highest BCUT2D eigenvalue weighted by Gasteiger charge is 2.25. The van der Waals surface area contributed by atoms with Gasteiger partial charge in [-0.2, -0.15) is 4.90 Å². The monoisotopic (exact) mass is 313 g/mol. The van der Waals surface area contributed by atoms with E-state index in [-0.39, 0.29) is 10.9 Å². The number of halogens is 1. The third-order valence-electron chi connectivity index (χ3n) is 2.50. The molecule has 0 radical (unpaired) electrons. The number of nitrogens with zero attached hydrogens (tertiary/aromatic N) is 2. The molecule has 21 heavy (non-hydrogen) atoms. The number of benzene rings is 1. The first-order valence-electron chi connectivity index (χ1n) is 6.04. The van der Waals surface area contributed by atoms with Gasteiger partial charge < -0.3 is 10.1 Å². The van der Waals surface area contributed by atoms with Gasteiger partial charge in [0.15, 0.2) is 0 Å². The minimum absolute atomic E-state index is 0.222. The molecule has 0 atom stereocenters. The lowest BCUT2D eigenvalue weighted by atomic mass is 10.3. The minimum Gasteiger partial charge on any atom is -0.441 e. The van der Waals surface area contributed by atoms with Crippen LogP contribution < -0.4 is 10.6 Å². The fraction of sp³-hybridized carbons (Fsp3) is 0.308. The van der Waals surface area contributed by atoms with Gasteiger partial charge in [0.25, 0.3) is 0 Å². The quantitative estimate of drug-likeness (QED) is 0.356. The van der Waals surface area contributed by atoms with Crippen LogP contribution in [0.2, 0.25) is 0 Å². The number of hydrogen-bond donors (Lipinski definition) is 2. The van der Waals surface area contributed by atoms with Crippen molar-refractivity contribution in [3.63, 3.8) is 0 Å². The molecule has 8 heteroatoms. The van der Waals surface area contributed by atoms with Gasteiger partial charge in [-0.3, -0.25) is 4.58 Å². The molecule has 6 nitrogen and oxygen atoms in total. The summed E-state index contributed by atoms with van der Waals surface area (Å²) in [7, 11) is 6.31. The van der Waals surface area contributed by atoms with Crippen LogP contribution in [0.5, 0.6) is 0 Å². The van der Waals surface area contributed by atoms with E-state index in [0.717, 1.165) is 0 Å². The van der Waals surface area contributed by atoms with Crippen LogP contribution >= 0.6 is 12.2 Å². The van der Waals surface area contributed by atoms with Crippen LogP contribution in [0.4, 0.5) is 14.9 Å². The molecule has 1 aromatic rings. The van der Waals surface area contributed by atoms with Gasteiger partial charge in [0.2, 0.25) is 5.11 Å². The fourth-order valence-electron chi connectivity index (χ4n) is 1.55. The molecule has 0 fully saturated rings. The summed E-state index contributed by atoms with van der Waals surface area (Å²) < 4.78 is 19.4. The number of rotatable bonds is 1. The highest BCUT2D eigenvalue weighted by atomic mass is 32.1. The average Bonchev–Trinajstić information content (AvgIpc) is 2.42. The van der Waals surface area contributed by atoms with Crippen LogP contribution in [0.15, 0.2) is 24.3 Å². The summed E-state index contributed by atoms with van der Waals surface area (Å²) in [6.45, 7) is 0. The number of anilines is 1. The first kappa shape index (κ1) is 16.8. The van der Waals surface area contributed by atoms with Crippen molar-refractivity contribution in [3.8, 4) is 0 Å². The fourth-order valence-corrected chi connectivity index (χ4v) is 1.76. The molecule has 0 aliphatic carbocycles. The average molecular weight is 313 g/mol. The van der Waals surface area contributed by atoms with Crippen LogP contribution in [0, 0.1) is 5.82 Å². The van der Waals surface area contributed by atoms with Gasteiger partial charge in [-0.05, 0) is 30.4 Å². The zero-order valence-corrected chi connectivity index (χ0v) is 13.1. The summed E-state index contributed by atoms with van der Waals surface area (Å²) in [6, 6.07) is 5.89. The molecule has 0 unspecified atom stereocenters. The van der Waals surface area contributed by atoms with Crippen LogP contribution in [0.1, 0.15) is 0 Å². The first-order chi connectivity index (χ1) is 9.85. The molecule has 0 aliphatic heterocycles. The van der Waals surface area contributed by atoms with Gasteiger partial charge in [0.05, 0.1) is 28.3 Å². The summed E-state index contributed by atoms with van der Waals surface area (Å²) in [6.07, 6.45) is -0.542. The summed E-state index contributed by atoms with van der Waals surface area (Å²) in [5, 5.41) is 5.92. The molecule has 0 aliphatic rings. The molecule has 0 aromatic heterocycles. The third-order valence-corrected chi connectivity index (χ3v) is 2.70. The Hall–Kier alpha value is -2.22. The Balaban J connectivity index is 2.79. The highest BCUT2D eigenvalue weighted by molar-refractivity contribution is 7.80. The largest absolute Gasteiger partial charge is 0.478 e. The SMILES string of the molecule is COC(=O)N(C)C(NC(=S)Nc1cccc(F)c1)=[N+](C)C. The lowest BCUT2D eigenvalue weighted by molar-refractivity contribution is -0.471. The number of thiocarbonyl (C=S) groups is 1. The van der Waals surface area contributed by atoms with Gasteiger partial charge >= 0.3 is 12.1 Å².